The van der Waals surface area contributed by atoms with Crippen LogP contribution in [0.15, 0.2) is 18.2 Å². The van der Waals surface area contributed by atoms with Crippen LogP contribution in [0.2, 0.25) is 5.02 Å². The minimum Gasteiger partial charge on any atom is -0.336 e. The summed E-state index contributed by atoms with van der Waals surface area (Å²) in [7, 11) is 0. The number of carbonyl (C=O) groups excluding carboxylic acids is 1. The molecule has 2 amide bonds. The van der Waals surface area contributed by atoms with Gasteiger partial charge >= 0.3 is 12.2 Å². The molecular weight excluding hydrogens is 257 g/mol. The summed E-state index contributed by atoms with van der Waals surface area (Å²) in [5.74, 6) is 0. The maximum atomic E-state index is 12.6. The van der Waals surface area contributed by atoms with Gasteiger partial charge in [0, 0.05) is 6.54 Å². The van der Waals surface area contributed by atoms with Crippen LogP contribution in [0.3, 0.4) is 0 Å². The Labute approximate surface area is 99.9 Å². The van der Waals surface area contributed by atoms with Gasteiger partial charge < -0.3 is 10.6 Å². The molecule has 0 spiro atoms. The highest BCUT2D eigenvalue weighted by Crippen LogP contribution is 2.36. The zero-order valence-electron chi connectivity index (χ0n) is 8.44. The Morgan fingerprint density at radius 2 is 2.06 bits per heavy atom. The molecule has 7 heteroatoms. The molecule has 1 heterocycles. The number of halogens is 4. The van der Waals surface area contributed by atoms with E-state index in [0.29, 0.717) is 5.56 Å². The molecule has 1 aromatic carbocycles. The lowest BCUT2D eigenvalue weighted by Gasteiger charge is -2.14. The molecule has 1 aliphatic heterocycles. The fourth-order valence-electron chi connectivity index (χ4n) is 1.63. The van der Waals surface area contributed by atoms with Crippen LogP contribution in [0, 0.1) is 0 Å². The Morgan fingerprint density at radius 1 is 1.35 bits per heavy atom. The second-order valence-corrected chi connectivity index (χ2v) is 4.05. The molecular formula is C10H8ClF3N2O. The van der Waals surface area contributed by atoms with Gasteiger partial charge in [0.25, 0.3) is 0 Å². The first-order valence-electron chi connectivity index (χ1n) is 4.79. The summed E-state index contributed by atoms with van der Waals surface area (Å²) in [6, 6.07) is 2.76. The first kappa shape index (κ1) is 12.0. The molecule has 0 radical (unpaired) electrons. The van der Waals surface area contributed by atoms with Gasteiger partial charge in [-0.25, -0.2) is 4.79 Å². The highest BCUT2D eigenvalue weighted by Gasteiger charge is 2.34. The van der Waals surface area contributed by atoms with Crippen LogP contribution < -0.4 is 10.6 Å². The predicted molar refractivity (Wildman–Crippen MR) is 55.7 cm³/mol. The number of nitrogens with one attached hydrogen (secondary N) is 2. The number of hydrogen-bond donors (Lipinski definition) is 2. The smallest absolute Gasteiger partial charge is 0.336 e. The average Bonchev–Trinajstić information content (AvgIpc) is 2.64. The molecule has 1 saturated heterocycles. The van der Waals surface area contributed by atoms with Gasteiger partial charge in [-0.3, -0.25) is 0 Å². The van der Waals surface area contributed by atoms with Crippen LogP contribution >= 0.6 is 11.6 Å². The first-order valence-corrected chi connectivity index (χ1v) is 5.17. The van der Waals surface area contributed by atoms with Crippen molar-refractivity contribution in [2.45, 2.75) is 12.2 Å². The van der Waals surface area contributed by atoms with Crippen molar-refractivity contribution < 1.29 is 18.0 Å². The molecule has 0 saturated carbocycles. The van der Waals surface area contributed by atoms with Gasteiger partial charge in [0.15, 0.2) is 0 Å². The normalized spacial score (nSPS) is 20.0. The first-order chi connectivity index (χ1) is 7.88. The topological polar surface area (TPSA) is 41.1 Å². The summed E-state index contributed by atoms with van der Waals surface area (Å²) in [6.45, 7) is 0.262. The SMILES string of the molecule is O=C1NC[C@@H](c2ccc(Cl)c(C(F)(F)F)c2)N1. The summed E-state index contributed by atoms with van der Waals surface area (Å²) in [6.07, 6.45) is -4.50. The molecule has 3 nitrogen and oxygen atoms in total. The lowest BCUT2D eigenvalue weighted by atomic mass is 10.0. The van der Waals surface area contributed by atoms with Gasteiger partial charge in [0.1, 0.15) is 0 Å². The molecule has 92 valence electrons. The maximum absolute atomic E-state index is 12.6. The molecule has 1 aromatic rings. The fraction of sp³-hybridized carbons (Fsp3) is 0.300. The third-order valence-electron chi connectivity index (χ3n) is 2.47. The highest BCUT2D eigenvalue weighted by molar-refractivity contribution is 6.31. The van der Waals surface area contributed by atoms with Crippen molar-refractivity contribution in [3.8, 4) is 0 Å². The van der Waals surface area contributed by atoms with Crippen molar-refractivity contribution in [1.29, 1.82) is 0 Å². The minimum absolute atomic E-state index is 0.262. The molecule has 1 fully saturated rings. The van der Waals surface area contributed by atoms with Gasteiger partial charge in [-0.15, -0.1) is 0 Å². The van der Waals surface area contributed by atoms with Gasteiger partial charge in [0.05, 0.1) is 16.6 Å². The van der Waals surface area contributed by atoms with Crippen molar-refractivity contribution in [3.63, 3.8) is 0 Å². The zero-order valence-corrected chi connectivity index (χ0v) is 9.19. The second-order valence-electron chi connectivity index (χ2n) is 3.64. The summed E-state index contributed by atoms with van der Waals surface area (Å²) in [4.78, 5) is 10.9. The van der Waals surface area contributed by atoms with E-state index in [1.165, 1.54) is 12.1 Å². The summed E-state index contributed by atoms with van der Waals surface area (Å²) >= 11 is 5.49. The number of urea groups is 1. The molecule has 17 heavy (non-hydrogen) atoms. The Hall–Kier alpha value is -1.43. The minimum atomic E-state index is -4.50. The molecule has 1 aliphatic rings. The van der Waals surface area contributed by atoms with Crippen LogP contribution in [0.5, 0.6) is 0 Å². The van der Waals surface area contributed by atoms with Crippen molar-refractivity contribution in [2.75, 3.05) is 6.54 Å². The van der Waals surface area contributed by atoms with Crippen molar-refractivity contribution >= 4 is 17.6 Å². The van der Waals surface area contributed by atoms with Gasteiger partial charge in [0.2, 0.25) is 0 Å². The summed E-state index contributed by atoms with van der Waals surface area (Å²) < 4.78 is 37.8. The van der Waals surface area contributed by atoms with E-state index in [9.17, 15) is 18.0 Å². The monoisotopic (exact) mass is 264 g/mol. The van der Waals surface area contributed by atoms with Crippen molar-refractivity contribution in [1.82, 2.24) is 10.6 Å². The lowest BCUT2D eigenvalue weighted by Crippen LogP contribution is -2.22. The van der Waals surface area contributed by atoms with Gasteiger partial charge in [-0.2, -0.15) is 13.2 Å². The van der Waals surface area contributed by atoms with Crippen LogP contribution in [0.4, 0.5) is 18.0 Å². The quantitative estimate of drug-likeness (QED) is 0.804. The Balaban J connectivity index is 2.34. The second kappa shape index (κ2) is 4.10. The summed E-state index contributed by atoms with van der Waals surface area (Å²) in [5, 5.41) is 4.64. The molecule has 2 rings (SSSR count). The molecule has 1 atom stereocenters. The fourth-order valence-corrected chi connectivity index (χ4v) is 1.86. The van der Waals surface area contributed by atoms with Crippen LogP contribution in [-0.4, -0.2) is 12.6 Å². The third kappa shape index (κ3) is 2.46. The van der Waals surface area contributed by atoms with Gasteiger partial charge in [-0.05, 0) is 17.7 Å². The van der Waals surface area contributed by atoms with E-state index in [0.717, 1.165) is 6.07 Å². The maximum Gasteiger partial charge on any atom is 0.417 e. The Kier molecular flexibility index (Phi) is 2.91. The van der Waals surface area contributed by atoms with E-state index < -0.39 is 23.8 Å². The van der Waals surface area contributed by atoms with E-state index in [1.807, 2.05) is 0 Å². The Bertz CT molecular complexity index is 461. The molecule has 2 N–H and O–H groups in total. The predicted octanol–water partition coefficient (Wildman–Crippen LogP) is 2.71. The van der Waals surface area contributed by atoms with Crippen LogP contribution in [-0.2, 0) is 6.18 Å². The van der Waals surface area contributed by atoms with Crippen molar-refractivity contribution in [3.05, 3.63) is 34.3 Å². The molecule has 0 bridgehead atoms. The largest absolute Gasteiger partial charge is 0.417 e. The van der Waals surface area contributed by atoms with E-state index in [1.54, 1.807) is 0 Å². The Morgan fingerprint density at radius 3 is 2.59 bits per heavy atom. The third-order valence-corrected chi connectivity index (χ3v) is 2.80. The highest BCUT2D eigenvalue weighted by atomic mass is 35.5. The number of hydrogen-bond acceptors (Lipinski definition) is 1. The number of carbonyl (C=O) groups is 1. The van der Waals surface area contributed by atoms with E-state index in [-0.39, 0.29) is 11.6 Å². The van der Waals surface area contributed by atoms with E-state index in [2.05, 4.69) is 10.6 Å². The average molecular weight is 265 g/mol. The van der Waals surface area contributed by atoms with Crippen molar-refractivity contribution in [2.24, 2.45) is 0 Å². The van der Waals surface area contributed by atoms with E-state index in [4.69, 9.17) is 11.6 Å². The van der Waals surface area contributed by atoms with Gasteiger partial charge in [-0.1, -0.05) is 17.7 Å². The van der Waals surface area contributed by atoms with Crippen LogP contribution in [0.1, 0.15) is 17.2 Å². The number of amides is 2. The number of rotatable bonds is 1. The van der Waals surface area contributed by atoms with E-state index >= 15 is 0 Å². The molecule has 0 unspecified atom stereocenters. The van der Waals surface area contributed by atoms with Crippen LogP contribution in [0.25, 0.3) is 0 Å². The zero-order chi connectivity index (χ0) is 12.6. The lowest BCUT2D eigenvalue weighted by molar-refractivity contribution is -0.137. The number of benzene rings is 1. The number of alkyl halides is 3. The molecule has 0 aromatic heterocycles. The molecule has 0 aliphatic carbocycles. The summed E-state index contributed by atoms with van der Waals surface area (Å²) in [5.41, 5.74) is -0.516. The standard InChI is InChI=1S/C10H8ClF3N2O/c11-7-2-1-5(3-6(7)10(12,13)14)8-4-15-9(17)16-8/h1-3,8H,4H2,(H2,15,16,17)/t8-/m0/s1.